The minimum absolute atomic E-state index is 0.0816. The molecule has 3 N–H and O–H groups in total. The van der Waals surface area contributed by atoms with Crippen LogP contribution in [-0.2, 0) is 0 Å². The molecule has 1 atom stereocenters. The van der Waals surface area contributed by atoms with Gasteiger partial charge in [0.2, 0.25) is 0 Å². The van der Waals surface area contributed by atoms with Crippen LogP contribution in [0.15, 0.2) is 29.4 Å². The largest absolute Gasteiger partial charge is 0.492 e. The first kappa shape index (κ1) is 11.1. The number of carbonyl (C=O) groups is 2. The van der Waals surface area contributed by atoms with Gasteiger partial charge in [-0.3, -0.25) is 4.79 Å². The van der Waals surface area contributed by atoms with Gasteiger partial charge in [-0.2, -0.15) is 5.10 Å². The molecule has 0 bridgehead atoms. The third kappa shape index (κ3) is 2.41. The summed E-state index contributed by atoms with van der Waals surface area (Å²) in [5.41, 5.74) is 7.40. The molecule has 0 saturated carbocycles. The third-order valence-electron chi connectivity index (χ3n) is 2.34. The van der Waals surface area contributed by atoms with E-state index >= 15 is 0 Å². The Labute approximate surface area is 97.4 Å². The molecule has 88 valence electrons. The van der Waals surface area contributed by atoms with Crippen LogP contribution in [-0.4, -0.2) is 24.6 Å². The summed E-state index contributed by atoms with van der Waals surface area (Å²) in [7, 11) is 0. The van der Waals surface area contributed by atoms with Gasteiger partial charge in [-0.05, 0) is 12.1 Å². The number of fused-ring (bicyclic) bond motifs is 1. The van der Waals surface area contributed by atoms with Crippen LogP contribution in [0.5, 0.6) is 5.75 Å². The minimum atomic E-state index is -0.772. The summed E-state index contributed by atoms with van der Waals surface area (Å²) >= 11 is 0. The summed E-state index contributed by atoms with van der Waals surface area (Å²) in [6, 6.07) is 6.23. The Morgan fingerprint density at radius 3 is 3.06 bits per heavy atom. The van der Waals surface area contributed by atoms with E-state index in [1.165, 1.54) is 6.21 Å². The molecular formula is C11H11N3O3. The summed E-state index contributed by atoms with van der Waals surface area (Å²) in [6.45, 7) is 0.208. The summed E-state index contributed by atoms with van der Waals surface area (Å²) in [5.74, 6) is -0.0105. The smallest absolute Gasteiger partial charge is 0.332 e. The molecule has 1 aromatic carbocycles. The van der Waals surface area contributed by atoms with Gasteiger partial charge in [0.05, 0.1) is 11.5 Å². The predicted molar refractivity (Wildman–Crippen MR) is 61.0 cm³/mol. The van der Waals surface area contributed by atoms with E-state index in [0.717, 1.165) is 0 Å². The highest BCUT2D eigenvalue weighted by Gasteiger charge is 2.27. The first-order valence-electron chi connectivity index (χ1n) is 5.03. The molecule has 2 rings (SSSR count). The molecule has 1 aliphatic heterocycles. The van der Waals surface area contributed by atoms with E-state index < -0.39 is 11.9 Å². The Bertz CT molecular complexity index is 485. The van der Waals surface area contributed by atoms with Gasteiger partial charge in [0.15, 0.2) is 5.78 Å². The number of ether oxygens (including phenoxy) is 1. The molecule has 0 fully saturated rings. The van der Waals surface area contributed by atoms with Crippen molar-refractivity contribution in [3.8, 4) is 5.75 Å². The van der Waals surface area contributed by atoms with Crippen LogP contribution in [0.1, 0.15) is 10.4 Å². The highest BCUT2D eigenvalue weighted by Crippen LogP contribution is 2.25. The van der Waals surface area contributed by atoms with Gasteiger partial charge < -0.3 is 10.5 Å². The average molecular weight is 233 g/mol. The van der Waals surface area contributed by atoms with Gasteiger partial charge >= 0.3 is 6.03 Å². The molecule has 6 heteroatoms. The van der Waals surface area contributed by atoms with E-state index in [-0.39, 0.29) is 12.4 Å². The number of carbonyl (C=O) groups excluding carboxylic acids is 2. The van der Waals surface area contributed by atoms with Gasteiger partial charge in [-0.25, -0.2) is 10.2 Å². The van der Waals surface area contributed by atoms with Crippen molar-refractivity contribution in [3.05, 3.63) is 29.8 Å². The van der Waals surface area contributed by atoms with Gasteiger partial charge in [0, 0.05) is 6.21 Å². The molecule has 1 aromatic rings. The third-order valence-corrected chi connectivity index (χ3v) is 2.34. The number of amides is 2. The predicted octanol–water partition coefficient (Wildman–Crippen LogP) is 0.532. The van der Waals surface area contributed by atoms with Crippen molar-refractivity contribution in [1.82, 2.24) is 5.43 Å². The summed E-state index contributed by atoms with van der Waals surface area (Å²) < 4.78 is 5.41. The van der Waals surface area contributed by atoms with Crippen molar-refractivity contribution in [2.75, 3.05) is 6.61 Å². The number of hydrazone groups is 1. The lowest BCUT2D eigenvalue weighted by Gasteiger charge is -2.20. The van der Waals surface area contributed by atoms with Crippen LogP contribution in [0.3, 0.4) is 0 Å². The van der Waals surface area contributed by atoms with E-state index in [9.17, 15) is 9.59 Å². The lowest BCUT2D eigenvalue weighted by Crippen LogP contribution is -2.31. The zero-order valence-corrected chi connectivity index (χ0v) is 8.92. The van der Waals surface area contributed by atoms with Crippen molar-refractivity contribution in [3.63, 3.8) is 0 Å². The number of primary amides is 1. The SMILES string of the molecule is NC(=O)NN=CC1COc2ccccc2C1=O. The topological polar surface area (TPSA) is 93.8 Å². The Hall–Kier alpha value is -2.37. The molecule has 2 amide bonds. The molecule has 1 aliphatic rings. The van der Waals surface area contributed by atoms with Crippen molar-refractivity contribution < 1.29 is 14.3 Å². The number of para-hydroxylation sites is 1. The maximum absolute atomic E-state index is 12.0. The van der Waals surface area contributed by atoms with Gasteiger partial charge in [0.25, 0.3) is 0 Å². The number of nitrogens with one attached hydrogen (secondary N) is 1. The minimum Gasteiger partial charge on any atom is -0.492 e. The molecule has 0 spiro atoms. The van der Waals surface area contributed by atoms with E-state index in [1.54, 1.807) is 24.3 Å². The Morgan fingerprint density at radius 1 is 1.53 bits per heavy atom. The van der Waals surface area contributed by atoms with Gasteiger partial charge in [0.1, 0.15) is 12.4 Å². The lowest BCUT2D eigenvalue weighted by molar-refractivity contribution is 0.0891. The second-order valence-electron chi connectivity index (χ2n) is 3.53. The first-order chi connectivity index (χ1) is 8.18. The Balaban J connectivity index is 2.12. The fraction of sp³-hybridized carbons (Fsp3) is 0.182. The summed E-state index contributed by atoms with van der Waals surface area (Å²) in [6.07, 6.45) is 1.32. The molecule has 0 aliphatic carbocycles. The summed E-state index contributed by atoms with van der Waals surface area (Å²) in [4.78, 5) is 22.4. The first-order valence-corrected chi connectivity index (χ1v) is 5.03. The fourth-order valence-electron chi connectivity index (χ4n) is 1.55. The van der Waals surface area contributed by atoms with Crippen molar-refractivity contribution in [1.29, 1.82) is 0 Å². The zero-order valence-electron chi connectivity index (χ0n) is 8.92. The molecule has 17 heavy (non-hydrogen) atoms. The second kappa shape index (κ2) is 4.65. The Kier molecular flexibility index (Phi) is 3.04. The standard InChI is InChI=1S/C11H11N3O3/c12-11(16)14-13-5-7-6-17-9-4-2-1-3-8(9)10(7)15/h1-5,7H,6H2,(H3,12,14,16). The monoisotopic (exact) mass is 233 g/mol. The number of nitrogens with zero attached hydrogens (tertiary/aromatic N) is 1. The van der Waals surface area contributed by atoms with Crippen LogP contribution in [0.25, 0.3) is 0 Å². The highest BCUT2D eigenvalue weighted by molar-refractivity contribution is 6.08. The molecule has 0 saturated heterocycles. The van der Waals surface area contributed by atoms with Crippen LogP contribution in [0.4, 0.5) is 4.79 Å². The lowest BCUT2D eigenvalue weighted by atomic mass is 9.96. The van der Waals surface area contributed by atoms with Crippen LogP contribution < -0.4 is 15.9 Å². The zero-order chi connectivity index (χ0) is 12.3. The van der Waals surface area contributed by atoms with Crippen LogP contribution in [0.2, 0.25) is 0 Å². The normalized spacial score (nSPS) is 18.6. The Morgan fingerprint density at radius 2 is 2.29 bits per heavy atom. The number of hydrogen-bond donors (Lipinski definition) is 2. The van der Waals surface area contributed by atoms with Gasteiger partial charge in [-0.1, -0.05) is 12.1 Å². The number of nitrogens with two attached hydrogens (primary N) is 1. The number of hydrogen-bond acceptors (Lipinski definition) is 4. The van der Waals surface area contributed by atoms with Crippen molar-refractivity contribution in [2.24, 2.45) is 16.8 Å². The van der Waals surface area contributed by atoms with Crippen molar-refractivity contribution >= 4 is 18.0 Å². The summed E-state index contributed by atoms with van der Waals surface area (Å²) in [5, 5.41) is 3.57. The molecule has 0 radical (unpaired) electrons. The van der Waals surface area contributed by atoms with Gasteiger partial charge in [-0.15, -0.1) is 0 Å². The van der Waals surface area contributed by atoms with E-state index in [0.29, 0.717) is 11.3 Å². The average Bonchev–Trinajstić information content (AvgIpc) is 2.32. The highest BCUT2D eigenvalue weighted by atomic mass is 16.5. The molecule has 6 nitrogen and oxygen atoms in total. The molecule has 1 unspecified atom stereocenters. The maximum Gasteiger partial charge on any atom is 0.332 e. The second-order valence-corrected chi connectivity index (χ2v) is 3.53. The van der Waals surface area contributed by atoms with Crippen LogP contribution >= 0.6 is 0 Å². The van der Waals surface area contributed by atoms with Crippen molar-refractivity contribution in [2.45, 2.75) is 0 Å². The number of Topliss-reactive ketones (excluding diaryl/α,β-unsaturated/α-hetero) is 1. The van der Waals surface area contributed by atoms with E-state index in [4.69, 9.17) is 10.5 Å². The maximum atomic E-state index is 12.0. The number of benzene rings is 1. The number of ketones is 1. The number of urea groups is 1. The molecule has 0 aromatic heterocycles. The molecule has 1 heterocycles. The quantitative estimate of drug-likeness (QED) is 0.576. The van der Waals surface area contributed by atoms with E-state index in [2.05, 4.69) is 5.10 Å². The molecular weight excluding hydrogens is 222 g/mol. The van der Waals surface area contributed by atoms with Crippen LogP contribution in [0, 0.1) is 5.92 Å². The van der Waals surface area contributed by atoms with E-state index in [1.807, 2.05) is 5.43 Å². The number of rotatable bonds is 2. The fourth-order valence-corrected chi connectivity index (χ4v) is 1.55.